The summed E-state index contributed by atoms with van der Waals surface area (Å²) in [7, 11) is -3.54. The predicted octanol–water partition coefficient (Wildman–Crippen LogP) is 1.72. The van der Waals surface area contributed by atoms with Crippen molar-refractivity contribution in [2.75, 3.05) is 13.2 Å². The predicted molar refractivity (Wildman–Crippen MR) is 80.5 cm³/mol. The van der Waals surface area contributed by atoms with Crippen LogP contribution >= 0.6 is 0 Å². The van der Waals surface area contributed by atoms with Crippen LogP contribution in [0.4, 0.5) is 0 Å². The summed E-state index contributed by atoms with van der Waals surface area (Å²) in [6.07, 6.45) is 4.09. The number of hydrogen-bond acceptors (Lipinski definition) is 4. The average molecular weight is 313 g/mol. The second-order valence-electron chi connectivity index (χ2n) is 5.37. The van der Waals surface area contributed by atoms with Crippen LogP contribution in [0.1, 0.15) is 36.8 Å². The molecule has 6 heteroatoms. The largest absolute Gasteiger partial charge is 0.392 e. The van der Waals surface area contributed by atoms with Gasteiger partial charge in [-0.05, 0) is 49.8 Å². The molecule has 1 saturated heterocycles. The van der Waals surface area contributed by atoms with E-state index in [9.17, 15) is 13.5 Å². The van der Waals surface area contributed by atoms with Crippen LogP contribution in [0.25, 0.3) is 0 Å². The zero-order chi connectivity index (χ0) is 15.3. The number of aliphatic hydroxyl groups excluding tert-OH is 1. The third kappa shape index (κ3) is 4.26. The van der Waals surface area contributed by atoms with Gasteiger partial charge in [0.25, 0.3) is 0 Å². The van der Waals surface area contributed by atoms with Crippen molar-refractivity contribution < 1.29 is 18.3 Å². The van der Waals surface area contributed by atoms with Crippen LogP contribution in [0.2, 0.25) is 0 Å². The molecule has 0 amide bonds. The molecule has 0 radical (unpaired) electrons. The lowest BCUT2D eigenvalue weighted by molar-refractivity contribution is 0.0123. The van der Waals surface area contributed by atoms with Crippen molar-refractivity contribution in [2.24, 2.45) is 0 Å². The first kappa shape index (κ1) is 16.4. The highest BCUT2D eigenvalue weighted by atomic mass is 32.2. The normalized spacial score (nSPS) is 19.6. The topological polar surface area (TPSA) is 75.6 Å². The Bertz CT molecular complexity index is 565. The highest BCUT2D eigenvalue weighted by Gasteiger charge is 2.19. The van der Waals surface area contributed by atoms with Gasteiger partial charge in [0.2, 0.25) is 10.0 Å². The second kappa shape index (κ2) is 7.35. The molecule has 0 saturated carbocycles. The lowest BCUT2D eigenvalue weighted by Gasteiger charge is -2.22. The Labute approximate surface area is 126 Å². The molecule has 1 aliphatic rings. The molecular formula is C15H23NO4S. The van der Waals surface area contributed by atoms with Gasteiger partial charge in [-0.3, -0.25) is 0 Å². The summed E-state index contributed by atoms with van der Waals surface area (Å²) in [6.45, 7) is 2.69. The minimum Gasteiger partial charge on any atom is -0.392 e. The van der Waals surface area contributed by atoms with Gasteiger partial charge in [-0.2, -0.15) is 0 Å². The third-order valence-corrected chi connectivity index (χ3v) is 5.49. The fourth-order valence-corrected chi connectivity index (χ4v) is 3.92. The lowest BCUT2D eigenvalue weighted by Crippen LogP contribution is -2.30. The van der Waals surface area contributed by atoms with E-state index < -0.39 is 10.0 Å². The first-order chi connectivity index (χ1) is 10.0. The van der Waals surface area contributed by atoms with Gasteiger partial charge < -0.3 is 9.84 Å². The van der Waals surface area contributed by atoms with Crippen LogP contribution in [-0.2, 0) is 21.4 Å². The summed E-state index contributed by atoms with van der Waals surface area (Å²) in [5.41, 5.74) is 1.23. The summed E-state index contributed by atoms with van der Waals surface area (Å²) >= 11 is 0. The van der Waals surface area contributed by atoms with Crippen LogP contribution in [0.3, 0.4) is 0 Å². The molecule has 1 heterocycles. The fraction of sp³-hybridized carbons (Fsp3) is 0.600. The molecule has 0 spiro atoms. The zero-order valence-corrected chi connectivity index (χ0v) is 13.2. The Hall–Kier alpha value is -0.950. The van der Waals surface area contributed by atoms with E-state index in [0.29, 0.717) is 24.1 Å². The Kier molecular flexibility index (Phi) is 5.75. The van der Waals surface area contributed by atoms with Crippen molar-refractivity contribution in [3.05, 3.63) is 29.3 Å². The molecule has 0 aliphatic carbocycles. The number of nitrogens with one attached hydrogen (secondary N) is 1. The molecule has 1 unspecified atom stereocenters. The summed E-state index contributed by atoms with van der Waals surface area (Å²) < 4.78 is 32.9. The van der Waals surface area contributed by atoms with Crippen molar-refractivity contribution in [1.82, 2.24) is 4.72 Å². The zero-order valence-electron chi connectivity index (χ0n) is 12.3. The Balaban J connectivity index is 1.98. The van der Waals surface area contributed by atoms with Crippen molar-refractivity contribution in [3.63, 3.8) is 0 Å². The maximum atomic E-state index is 12.3. The van der Waals surface area contributed by atoms with E-state index in [1.165, 1.54) is 0 Å². The smallest absolute Gasteiger partial charge is 0.240 e. The first-order valence-electron chi connectivity index (χ1n) is 7.35. The van der Waals surface area contributed by atoms with E-state index in [2.05, 4.69) is 4.72 Å². The number of sulfonamides is 1. The molecule has 2 rings (SSSR count). The molecule has 1 fully saturated rings. The molecule has 2 N–H and O–H groups in total. The molecule has 1 aliphatic heterocycles. The molecule has 1 atom stereocenters. The molecule has 5 nitrogen and oxygen atoms in total. The van der Waals surface area contributed by atoms with Crippen LogP contribution in [-0.4, -0.2) is 32.8 Å². The van der Waals surface area contributed by atoms with Crippen molar-refractivity contribution in [3.8, 4) is 0 Å². The average Bonchev–Trinajstić information content (AvgIpc) is 2.48. The Morgan fingerprint density at radius 3 is 2.86 bits per heavy atom. The van der Waals surface area contributed by atoms with Gasteiger partial charge in [0, 0.05) is 13.2 Å². The minimum atomic E-state index is -3.54. The highest BCUT2D eigenvalue weighted by Crippen LogP contribution is 2.19. The van der Waals surface area contributed by atoms with Gasteiger partial charge in [0.1, 0.15) is 0 Å². The lowest BCUT2D eigenvalue weighted by atomic mass is 10.1. The summed E-state index contributed by atoms with van der Waals surface area (Å²) in [6, 6.07) is 4.94. The van der Waals surface area contributed by atoms with Crippen LogP contribution in [0.15, 0.2) is 23.1 Å². The molecule has 21 heavy (non-hydrogen) atoms. The standard InChI is InChI=1S/C15H23NO4S/c1-12-13(11-17)5-4-7-15(12)21(18,19)16-9-8-14-6-2-3-10-20-14/h4-5,7,14,16-17H,2-3,6,8-11H2,1H3. The van der Waals surface area contributed by atoms with Gasteiger partial charge in [-0.1, -0.05) is 12.1 Å². The summed E-state index contributed by atoms with van der Waals surface area (Å²) in [4.78, 5) is 0.235. The number of rotatable bonds is 6. The van der Waals surface area contributed by atoms with Gasteiger partial charge in [-0.25, -0.2) is 13.1 Å². The third-order valence-electron chi connectivity index (χ3n) is 3.89. The molecule has 118 valence electrons. The van der Waals surface area contributed by atoms with E-state index >= 15 is 0 Å². The van der Waals surface area contributed by atoms with Crippen LogP contribution < -0.4 is 4.72 Å². The molecule has 0 bridgehead atoms. The fourth-order valence-electron chi connectivity index (χ4n) is 2.59. The van der Waals surface area contributed by atoms with Gasteiger partial charge in [0.05, 0.1) is 17.6 Å². The monoisotopic (exact) mass is 313 g/mol. The van der Waals surface area contributed by atoms with Gasteiger partial charge >= 0.3 is 0 Å². The number of benzene rings is 1. The van der Waals surface area contributed by atoms with Gasteiger partial charge in [-0.15, -0.1) is 0 Å². The molecule has 1 aromatic carbocycles. The van der Waals surface area contributed by atoms with E-state index in [1.54, 1.807) is 25.1 Å². The summed E-state index contributed by atoms with van der Waals surface area (Å²) in [5.74, 6) is 0. The van der Waals surface area contributed by atoms with Crippen LogP contribution in [0, 0.1) is 6.92 Å². The Morgan fingerprint density at radius 2 is 2.19 bits per heavy atom. The number of ether oxygens (including phenoxy) is 1. The maximum Gasteiger partial charge on any atom is 0.240 e. The quantitative estimate of drug-likeness (QED) is 0.838. The van der Waals surface area contributed by atoms with E-state index in [-0.39, 0.29) is 17.6 Å². The van der Waals surface area contributed by atoms with Gasteiger partial charge in [0.15, 0.2) is 0 Å². The Morgan fingerprint density at radius 1 is 1.38 bits per heavy atom. The van der Waals surface area contributed by atoms with Crippen LogP contribution in [0.5, 0.6) is 0 Å². The second-order valence-corrected chi connectivity index (χ2v) is 7.11. The molecule has 1 aromatic rings. The van der Waals surface area contributed by atoms with E-state index in [1.807, 2.05) is 0 Å². The highest BCUT2D eigenvalue weighted by molar-refractivity contribution is 7.89. The summed E-state index contributed by atoms with van der Waals surface area (Å²) in [5, 5.41) is 9.22. The van der Waals surface area contributed by atoms with E-state index in [0.717, 1.165) is 25.9 Å². The number of hydrogen-bond donors (Lipinski definition) is 2. The minimum absolute atomic E-state index is 0.159. The van der Waals surface area contributed by atoms with Crippen molar-refractivity contribution in [2.45, 2.75) is 50.2 Å². The SMILES string of the molecule is Cc1c(CO)cccc1S(=O)(=O)NCCC1CCCCO1. The van der Waals surface area contributed by atoms with Crippen molar-refractivity contribution >= 4 is 10.0 Å². The maximum absolute atomic E-state index is 12.3. The van der Waals surface area contributed by atoms with Crippen molar-refractivity contribution in [1.29, 1.82) is 0 Å². The number of aliphatic hydroxyl groups is 1. The first-order valence-corrected chi connectivity index (χ1v) is 8.83. The molecular weight excluding hydrogens is 290 g/mol. The van der Waals surface area contributed by atoms with E-state index in [4.69, 9.17) is 4.74 Å². The molecule has 0 aromatic heterocycles.